The van der Waals surface area contributed by atoms with Gasteiger partial charge in [0.1, 0.15) is 34.3 Å². The summed E-state index contributed by atoms with van der Waals surface area (Å²) in [6.45, 7) is 8.69. The zero-order chi connectivity index (χ0) is 46.8. The fourth-order valence-corrected chi connectivity index (χ4v) is 10.4. The number of carbonyl (C=O) groups excluding carboxylic acids is 1. The number of fused-ring (bicyclic) bond motifs is 4. The molecule has 12 nitrogen and oxygen atoms in total. The molecule has 0 amide bonds. The lowest BCUT2D eigenvalue weighted by atomic mass is 9.69. The van der Waals surface area contributed by atoms with Crippen molar-refractivity contribution in [3.8, 4) is 22.6 Å². The van der Waals surface area contributed by atoms with E-state index in [9.17, 15) is 14.8 Å². The number of para-hydroxylation sites is 2. The molecule has 6 N–H and O–H groups in total. The van der Waals surface area contributed by atoms with Crippen LogP contribution >= 0.6 is 23.2 Å². The van der Waals surface area contributed by atoms with Gasteiger partial charge in [-0.25, -0.2) is 9.97 Å². The Kier molecular flexibility index (Phi) is 14.3. The number of anilines is 2. The Morgan fingerprint density at radius 3 is 1.76 bits per heavy atom. The van der Waals surface area contributed by atoms with Gasteiger partial charge in [-0.2, -0.15) is 0 Å². The number of hydrogen-bond acceptors (Lipinski definition) is 12. The third kappa shape index (κ3) is 10.2. The molecule has 17 heteroatoms. The summed E-state index contributed by atoms with van der Waals surface area (Å²) in [5, 5.41) is 27.3. The number of piperidine rings is 2. The first kappa shape index (κ1) is 46.7. The molecule has 0 spiro atoms. The number of hydrogen-bond donors (Lipinski definition) is 4. The number of likely N-dealkylation sites (tertiary alicyclic amines) is 2. The summed E-state index contributed by atoms with van der Waals surface area (Å²) in [4.78, 5) is 24.6. The van der Waals surface area contributed by atoms with Crippen LogP contribution in [0.1, 0.15) is 36.8 Å². The third-order valence-electron chi connectivity index (χ3n) is 13.2. The first-order valence-corrected chi connectivity index (χ1v) is 23.8. The summed E-state index contributed by atoms with van der Waals surface area (Å²) >= 11 is 13.6. The Morgan fingerprint density at radius 1 is 0.746 bits per heavy atom. The number of furan rings is 2. The van der Waals surface area contributed by atoms with Gasteiger partial charge in [0.15, 0.2) is 7.28 Å². The van der Waals surface area contributed by atoms with Gasteiger partial charge >= 0.3 is 14.1 Å². The van der Waals surface area contributed by atoms with E-state index in [0.29, 0.717) is 44.8 Å². The van der Waals surface area contributed by atoms with E-state index in [1.807, 2.05) is 72.8 Å². The van der Waals surface area contributed by atoms with Crippen LogP contribution in [0.2, 0.25) is 30.0 Å². The lowest BCUT2D eigenvalue weighted by molar-refractivity contribution is 0.185. The van der Waals surface area contributed by atoms with Gasteiger partial charge in [-0.3, -0.25) is 9.80 Å². The average Bonchev–Trinajstić information content (AvgIpc) is 3.94. The normalized spacial score (nSPS) is 15.3. The molecule has 67 heavy (non-hydrogen) atoms. The molecule has 8 aromatic rings. The number of nitrogen functional groups attached to an aromatic ring is 1. The first-order chi connectivity index (χ1) is 32.4. The van der Waals surface area contributed by atoms with Crippen molar-refractivity contribution in [2.24, 2.45) is 11.7 Å². The minimum atomic E-state index is -0.976. The van der Waals surface area contributed by atoms with E-state index in [1.54, 1.807) is 33.3 Å². The Labute approximate surface area is 401 Å². The van der Waals surface area contributed by atoms with Crippen molar-refractivity contribution in [2.75, 3.05) is 36.6 Å². The maximum absolute atomic E-state index is 10.7. The summed E-state index contributed by atoms with van der Waals surface area (Å²) in [7, 11) is -0.231. The summed E-state index contributed by atoms with van der Waals surface area (Å²) in [5.74, 6) is 2.84. The second-order valence-electron chi connectivity index (χ2n) is 18.0. The molecule has 0 aliphatic carbocycles. The predicted molar refractivity (Wildman–Crippen MR) is 276 cm³/mol. The first-order valence-electron chi connectivity index (χ1n) is 23.0. The van der Waals surface area contributed by atoms with Gasteiger partial charge in [0.2, 0.25) is 0 Å². The zero-order valence-corrected chi connectivity index (χ0v) is 39.3. The van der Waals surface area contributed by atoms with Gasteiger partial charge in [-0.1, -0.05) is 65.9 Å². The molecular weight excluding hydrogens is 882 g/mol. The van der Waals surface area contributed by atoms with E-state index in [-0.39, 0.29) is 0 Å². The standard InChI is InChI=1S/C27H30B3ClN3O4.C23H23ClN4O/c1-29(36)34(30(2)37)27-26-21(22(15-32-27)25-13-20-5-3-4-6-24(20)38-25)11-19(12-23(26)31)16-33-9-7-18(8-10-33)14-28-17-35;24-19-10-14(13-28-7-5-16(25)6-8-28)9-17-18(12-27-23(26)22(17)19)21-11-15-3-1-2-4-20(15)29-21/h3-6,11-13,15,17-18,36-37H,7-10,14,16H2,1-2H3;1-4,9-12,16H,5-8,13,25H2,(H2,26,27). The predicted octanol–water partition coefficient (Wildman–Crippen LogP) is 9.66. The number of carbonyl (C=O) groups is 1. The van der Waals surface area contributed by atoms with Crippen LogP contribution in [0.4, 0.5) is 11.6 Å². The van der Waals surface area contributed by atoms with Crippen LogP contribution in [0.3, 0.4) is 0 Å². The van der Waals surface area contributed by atoms with Crippen LogP contribution in [0, 0.1) is 5.92 Å². The van der Waals surface area contributed by atoms with Gasteiger partial charge in [0, 0.05) is 64.2 Å². The SMILES string of the molecule is CB(O)N(B(C)O)c1ncc(-c2cc3ccccc3o2)c2cc(CN3CCC(C[B]C=O)CC3)cc(Cl)c12.Nc1ncc(-c2cc3ccccc3o2)c2cc(CN3CCC(N)CC3)cc(Cl)c12. The lowest BCUT2D eigenvalue weighted by Crippen LogP contribution is -2.47. The lowest BCUT2D eigenvalue weighted by Gasteiger charge is -2.32. The van der Waals surface area contributed by atoms with Gasteiger partial charge in [0.05, 0.1) is 16.2 Å². The molecule has 10 rings (SSSR count). The molecule has 341 valence electrons. The van der Waals surface area contributed by atoms with E-state index in [2.05, 4.69) is 31.9 Å². The van der Waals surface area contributed by atoms with Crippen molar-refractivity contribution in [1.82, 2.24) is 19.8 Å². The number of aromatic nitrogens is 2. The monoisotopic (exact) mass is 934 g/mol. The molecule has 4 aromatic heterocycles. The fraction of sp³-hybridized carbons (Fsp3) is 0.300. The topological polar surface area (TPSA) is 171 Å². The molecule has 1 radical (unpaired) electrons. The number of halogens is 2. The Bertz CT molecular complexity index is 2970. The summed E-state index contributed by atoms with van der Waals surface area (Å²) < 4.78 is 13.7. The van der Waals surface area contributed by atoms with Gasteiger partial charge in [-0.15, -0.1) is 0 Å². The fourth-order valence-electron chi connectivity index (χ4n) is 9.69. The minimum Gasteiger partial charge on any atom is -0.456 e. The van der Waals surface area contributed by atoms with Gasteiger partial charge in [-0.05, 0) is 142 Å². The molecule has 4 aromatic carbocycles. The van der Waals surface area contributed by atoms with Crippen molar-refractivity contribution < 1.29 is 23.7 Å². The van der Waals surface area contributed by atoms with Crippen LogP contribution < -0.4 is 16.2 Å². The van der Waals surface area contributed by atoms with Crippen LogP contribution in [0.15, 0.2) is 106 Å². The Balaban J connectivity index is 0.000000174. The van der Waals surface area contributed by atoms with E-state index < -0.39 is 14.1 Å². The number of rotatable bonds is 12. The van der Waals surface area contributed by atoms with Gasteiger partial charge < -0.3 is 39.9 Å². The third-order valence-corrected chi connectivity index (χ3v) is 13.8. The highest BCUT2D eigenvalue weighted by molar-refractivity contribution is 6.75. The van der Waals surface area contributed by atoms with Crippen LogP contribution in [0.5, 0.6) is 0 Å². The summed E-state index contributed by atoms with van der Waals surface area (Å²) in [6, 6.07) is 28.4. The van der Waals surface area contributed by atoms with E-state index in [0.717, 1.165) is 144 Å². The summed E-state index contributed by atoms with van der Waals surface area (Å²) in [5.41, 5.74) is 17.8. The number of nitrogens with zero attached hydrogens (tertiary/aromatic N) is 5. The maximum Gasteiger partial charge on any atom is 0.399 e. The van der Waals surface area contributed by atoms with E-state index >= 15 is 0 Å². The Hall–Kier alpha value is -5.38. The molecule has 2 fully saturated rings. The van der Waals surface area contributed by atoms with Crippen LogP contribution in [0.25, 0.3) is 66.1 Å². The largest absolute Gasteiger partial charge is 0.456 e. The molecule has 2 aliphatic heterocycles. The second kappa shape index (κ2) is 20.5. The number of nitrogens with two attached hydrogens (primary N) is 2. The number of pyridine rings is 2. The Morgan fingerprint density at radius 2 is 1.24 bits per heavy atom. The van der Waals surface area contributed by atoms with Crippen LogP contribution in [-0.2, 0) is 17.9 Å². The van der Waals surface area contributed by atoms with Crippen molar-refractivity contribution in [3.05, 3.63) is 118 Å². The highest BCUT2D eigenvalue weighted by atomic mass is 35.5. The molecule has 2 saturated heterocycles. The quantitative estimate of drug-likeness (QED) is 0.0677. The van der Waals surface area contributed by atoms with Crippen molar-refractivity contribution in [3.63, 3.8) is 0 Å². The molecule has 0 unspecified atom stereocenters. The van der Waals surface area contributed by atoms with Crippen LogP contribution in [-0.4, -0.2) is 89.6 Å². The highest BCUT2D eigenvalue weighted by Gasteiger charge is 2.30. The molecular formula is C50H53B3Cl2N7O5. The van der Waals surface area contributed by atoms with Crippen molar-refractivity contribution >= 4 is 106 Å². The molecule has 6 heterocycles. The number of benzene rings is 4. The molecule has 0 bridgehead atoms. The average molecular weight is 935 g/mol. The second-order valence-corrected chi connectivity index (χ2v) is 18.8. The minimum absolute atomic E-state index is 0.317. The summed E-state index contributed by atoms with van der Waals surface area (Å²) in [6.07, 6.45) is 9.41. The molecule has 0 atom stereocenters. The van der Waals surface area contributed by atoms with Crippen molar-refractivity contribution in [1.29, 1.82) is 0 Å². The van der Waals surface area contributed by atoms with Gasteiger partial charge in [0.25, 0.3) is 0 Å². The smallest absolute Gasteiger partial charge is 0.399 e. The van der Waals surface area contributed by atoms with E-state index in [4.69, 9.17) is 43.5 Å². The van der Waals surface area contributed by atoms with Crippen molar-refractivity contribution in [2.45, 2.75) is 64.8 Å². The molecule has 2 aliphatic rings. The molecule has 0 saturated carbocycles. The van der Waals surface area contributed by atoms with E-state index in [1.165, 1.54) is 4.72 Å². The highest BCUT2D eigenvalue weighted by Crippen LogP contribution is 2.42. The zero-order valence-electron chi connectivity index (χ0n) is 37.7. The maximum atomic E-state index is 10.7.